The lowest BCUT2D eigenvalue weighted by molar-refractivity contribution is -0.140. The first-order chi connectivity index (χ1) is 16.7. The molecule has 0 bridgehead atoms. The van der Waals surface area contributed by atoms with Crippen LogP contribution in [0, 0.1) is 0 Å². The number of likely N-dealkylation sites (N-methyl/N-ethyl adjacent to an activating group) is 1. The lowest BCUT2D eigenvalue weighted by Crippen LogP contribution is -2.52. The smallest absolute Gasteiger partial charge is 0.244 e. The Kier molecular flexibility index (Phi) is 8.85. The van der Waals surface area contributed by atoms with Gasteiger partial charge < -0.3 is 19.7 Å². The van der Waals surface area contributed by atoms with Crippen molar-refractivity contribution in [3.05, 3.63) is 53.1 Å². The molecule has 0 saturated carbocycles. The fourth-order valence-electron chi connectivity index (χ4n) is 3.78. The van der Waals surface area contributed by atoms with Crippen LogP contribution in [0.2, 0.25) is 5.02 Å². The molecule has 0 fully saturated rings. The number of carbonyl (C=O) groups excluding carboxylic acids is 2. The van der Waals surface area contributed by atoms with Crippen molar-refractivity contribution in [2.75, 3.05) is 29.9 Å². The maximum Gasteiger partial charge on any atom is 0.244 e. The van der Waals surface area contributed by atoms with Gasteiger partial charge in [0, 0.05) is 24.2 Å². The number of nitrogens with zero attached hydrogens (tertiary/aromatic N) is 2. The van der Waals surface area contributed by atoms with Gasteiger partial charge >= 0.3 is 0 Å². The Morgan fingerprint density at radius 2 is 1.80 bits per heavy atom. The summed E-state index contributed by atoms with van der Waals surface area (Å²) in [5.41, 5.74) is 0.923. The zero-order valence-corrected chi connectivity index (χ0v) is 21.6. The highest BCUT2D eigenvalue weighted by atomic mass is 35.5. The second-order valence-corrected chi connectivity index (χ2v) is 10.5. The van der Waals surface area contributed by atoms with Crippen molar-refractivity contribution in [1.82, 2.24) is 10.2 Å². The molecule has 3 rings (SSSR count). The number of carbonyl (C=O) groups is 2. The Morgan fingerprint density at radius 1 is 1.09 bits per heavy atom. The fraction of sp³-hybridized carbons (Fsp3) is 0.417. The Morgan fingerprint density at radius 3 is 2.46 bits per heavy atom. The van der Waals surface area contributed by atoms with Crippen molar-refractivity contribution in [2.45, 2.75) is 39.8 Å². The molecule has 1 aliphatic rings. The molecule has 190 valence electrons. The van der Waals surface area contributed by atoms with Crippen molar-refractivity contribution < 1.29 is 27.5 Å². The van der Waals surface area contributed by atoms with Gasteiger partial charge in [-0.25, -0.2) is 8.42 Å². The van der Waals surface area contributed by atoms with Crippen LogP contribution in [0.25, 0.3) is 0 Å². The van der Waals surface area contributed by atoms with E-state index in [2.05, 4.69) is 5.32 Å². The van der Waals surface area contributed by atoms with Gasteiger partial charge in [-0.3, -0.25) is 13.9 Å². The quantitative estimate of drug-likeness (QED) is 0.485. The minimum atomic E-state index is -3.84. The average Bonchev–Trinajstić information content (AvgIpc) is 3.31. The highest BCUT2D eigenvalue weighted by molar-refractivity contribution is 7.92. The lowest BCUT2D eigenvalue weighted by Gasteiger charge is -2.33. The standard InChI is InChI=1S/C24H30ClN3O6S/c1-4-20(24(30)26-5-2)27(14-17-9-7-8-10-19(17)25)23(29)15-28(35(31,32)6-3)18-11-12-21-22(13-18)34-16-33-21/h7-13,20H,4-6,14-16H2,1-3H3,(H,26,30)/t20-/m1/s1. The minimum Gasteiger partial charge on any atom is -0.454 e. The van der Waals surface area contributed by atoms with E-state index in [1.807, 2.05) is 0 Å². The summed E-state index contributed by atoms with van der Waals surface area (Å²) in [4.78, 5) is 27.9. The number of sulfonamides is 1. The molecule has 2 aromatic rings. The molecule has 0 aliphatic carbocycles. The number of anilines is 1. The molecule has 1 heterocycles. The van der Waals surface area contributed by atoms with Gasteiger partial charge in [0.05, 0.1) is 11.4 Å². The van der Waals surface area contributed by atoms with Gasteiger partial charge in [-0.15, -0.1) is 0 Å². The van der Waals surface area contributed by atoms with Gasteiger partial charge in [0.15, 0.2) is 11.5 Å². The third-order valence-corrected chi connectivity index (χ3v) is 7.77. The summed E-state index contributed by atoms with van der Waals surface area (Å²) in [6, 6.07) is 10.9. The van der Waals surface area contributed by atoms with Gasteiger partial charge in [-0.2, -0.15) is 0 Å². The summed E-state index contributed by atoms with van der Waals surface area (Å²) in [5.74, 6) is -0.169. The number of halogens is 1. The summed E-state index contributed by atoms with van der Waals surface area (Å²) in [5, 5.41) is 3.21. The zero-order valence-electron chi connectivity index (χ0n) is 20.0. The van der Waals surface area contributed by atoms with Crippen LogP contribution < -0.4 is 19.1 Å². The van der Waals surface area contributed by atoms with E-state index in [1.165, 1.54) is 17.9 Å². The first kappa shape index (κ1) is 26.6. The average molecular weight is 524 g/mol. The first-order valence-corrected chi connectivity index (χ1v) is 13.4. The number of rotatable bonds is 11. The number of ether oxygens (including phenoxy) is 2. The molecule has 1 atom stereocenters. The molecule has 0 spiro atoms. The highest BCUT2D eigenvalue weighted by Gasteiger charge is 2.33. The fourth-order valence-corrected chi connectivity index (χ4v) is 5.03. The van der Waals surface area contributed by atoms with E-state index in [4.69, 9.17) is 21.1 Å². The van der Waals surface area contributed by atoms with Crippen LogP contribution in [-0.4, -0.2) is 56.8 Å². The molecular weight excluding hydrogens is 494 g/mol. The maximum atomic E-state index is 13.7. The monoisotopic (exact) mass is 523 g/mol. The van der Waals surface area contributed by atoms with E-state index >= 15 is 0 Å². The van der Waals surface area contributed by atoms with Crippen LogP contribution in [0.3, 0.4) is 0 Å². The number of amides is 2. The molecule has 9 nitrogen and oxygen atoms in total. The Bertz CT molecular complexity index is 1170. The van der Waals surface area contributed by atoms with Crippen molar-refractivity contribution in [3.8, 4) is 11.5 Å². The maximum absolute atomic E-state index is 13.7. The second kappa shape index (κ2) is 11.6. The van der Waals surface area contributed by atoms with Gasteiger partial charge in [0.2, 0.25) is 28.6 Å². The lowest BCUT2D eigenvalue weighted by atomic mass is 10.1. The number of hydrogen-bond donors (Lipinski definition) is 1. The molecule has 0 unspecified atom stereocenters. The Labute approximate surface area is 211 Å². The SMILES string of the molecule is CCNC(=O)[C@@H](CC)N(Cc1ccccc1Cl)C(=O)CN(c1ccc2c(c1)OCO2)S(=O)(=O)CC. The molecular formula is C24H30ClN3O6S. The third kappa shape index (κ3) is 6.18. The number of benzene rings is 2. The van der Waals surface area contributed by atoms with E-state index in [0.717, 1.165) is 4.31 Å². The van der Waals surface area contributed by atoms with E-state index in [-0.39, 0.29) is 30.7 Å². The molecule has 1 N–H and O–H groups in total. The van der Waals surface area contributed by atoms with E-state index in [0.29, 0.717) is 35.1 Å². The predicted octanol–water partition coefficient (Wildman–Crippen LogP) is 3.17. The van der Waals surface area contributed by atoms with E-state index in [1.54, 1.807) is 50.2 Å². The molecule has 2 amide bonds. The van der Waals surface area contributed by atoms with Crippen LogP contribution in [0.4, 0.5) is 5.69 Å². The molecule has 35 heavy (non-hydrogen) atoms. The summed E-state index contributed by atoms with van der Waals surface area (Å²) < 4.78 is 37.8. The predicted molar refractivity (Wildman–Crippen MR) is 134 cm³/mol. The Hall–Kier alpha value is -2.98. The van der Waals surface area contributed by atoms with Crippen LogP contribution in [0.15, 0.2) is 42.5 Å². The third-order valence-electron chi connectivity index (χ3n) is 5.66. The van der Waals surface area contributed by atoms with Gasteiger partial charge in [0.25, 0.3) is 0 Å². The largest absolute Gasteiger partial charge is 0.454 e. The normalized spacial score (nSPS) is 13.3. The van der Waals surface area contributed by atoms with E-state index in [9.17, 15) is 18.0 Å². The minimum absolute atomic E-state index is 0.0363. The first-order valence-electron chi connectivity index (χ1n) is 11.4. The van der Waals surface area contributed by atoms with Crippen LogP contribution in [0.5, 0.6) is 11.5 Å². The molecule has 0 radical (unpaired) electrons. The van der Waals surface area contributed by atoms with Crippen molar-refractivity contribution >= 4 is 39.1 Å². The van der Waals surface area contributed by atoms with Crippen molar-refractivity contribution in [2.24, 2.45) is 0 Å². The molecule has 2 aromatic carbocycles. The molecule has 1 aliphatic heterocycles. The summed E-state index contributed by atoms with van der Waals surface area (Å²) >= 11 is 6.34. The number of nitrogens with one attached hydrogen (secondary N) is 1. The summed E-state index contributed by atoms with van der Waals surface area (Å²) in [6.45, 7) is 5.09. The van der Waals surface area contributed by atoms with Crippen molar-refractivity contribution in [3.63, 3.8) is 0 Å². The number of fused-ring (bicyclic) bond motifs is 1. The molecule has 0 saturated heterocycles. The van der Waals surface area contributed by atoms with Crippen LogP contribution in [-0.2, 0) is 26.2 Å². The van der Waals surface area contributed by atoms with Crippen LogP contribution >= 0.6 is 11.6 Å². The topological polar surface area (TPSA) is 105 Å². The summed E-state index contributed by atoms with van der Waals surface area (Å²) in [6.07, 6.45) is 0.340. The summed E-state index contributed by atoms with van der Waals surface area (Å²) in [7, 11) is -3.84. The zero-order chi connectivity index (χ0) is 25.6. The Balaban J connectivity index is 1.98. The van der Waals surface area contributed by atoms with Crippen LogP contribution in [0.1, 0.15) is 32.8 Å². The van der Waals surface area contributed by atoms with Crippen molar-refractivity contribution in [1.29, 1.82) is 0 Å². The van der Waals surface area contributed by atoms with Gasteiger partial charge in [-0.1, -0.05) is 36.7 Å². The van der Waals surface area contributed by atoms with E-state index < -0.39 is 28.5 Å². The second-order valence-electron chi connectivity index (χ2n) is 7.88. The molecule has 11 heteroatoms. The number of hydrogen-bond acceptors (Lipinski definition) is 6. The highest BCUT2D eigenvalue weighted by Crippen LogP contribution is 2.36. The van der Waals surface area contributed by atoms with Gasteiger partial charge in [0.1, 0.15) is 12.6 Å². The van der Waals surface area contributed by atoms with Gasteiger partial charge in [-0.05, 0) is 44.0 Å². The molecule has 0 aromatic heterocycles.